The zero-order chi connectivity index (χ0) is 16.2. The molecule has 0 spiro atoms. The minimum absolute atomic E-state index is 0.0138. The average Bonchev–Trinajstić information content (AvgIpc) is 2.80. The van der Waals surface area contributed by atoms with Gasteiger partial charge < -0.3 is 25.9 Å². The van der Waals surface area contributed by atoms with Gasteiger partial charge >= 0.3 is 17.9 Å². The highest BCUT2D eigenvalue weighted by molar-refractivity contribution is 5.87. The number of carboxylic acid groups (broad SMARTS) is 1. The second-order valence-electron chi connectivity index (χ2n) is 5.33. The number of nitrogens with one attached hydrogen (secondary N) is 2. The third-order valence-electron chi connectivity index (χ3n) is 2.49. The lowest BCUT2D eigenvalue weighted by Gasteiger charge is -2.29. The van der Waals surface area contributed by atoms with E-state index in [4.69, 9.17) is 15.3 Å². The Kier molecular flexibility index (Phi) is 4.84. The fraction of sp³-hybridized carbons (Fsp3) is 0.545. The molecule has 1 aromatic rings. The molecule has 0 radical (unpaired) electrons. The summed E-state index contributed by atoms with van der Waals surface area (Å²) in [5, 5.41) is 20.3. The first-order valence-corrected chi connectivity index (χ1v) is 6.00. The Hall–Kier alpha value is -2.65. The van der Waals surface area contributed by atoms with Crippen molar-refractivity contribution in [1.29, 1.82) is 0 Å². The van der Waals surface area contributed by atoms with Crippen LogP contribution in [-0.2, 0) is 11.3 Å². The molecular formula is C11H17N5O5. The zero-order valence-corrected chi connectivity index (χ0v) is 11.8. The van der Waals surface area contributed by atoms with E-state index in [1.165, 1.54) is 0 Å². The number of primary amides is 1. The minimum Gasteiger partial charge on any atom is -0.465 e. The molecule has 0 aliphatic heterocycles. The van der Waals surface area contributed by atoms with E-state index in [2.05, 4.69) is 20.8 Å². The van der Waals surface area contributed by atoms with E-state index in [0.29, 0.717) is 0 Å². The maximum absolute atomic E-state index is 12.0. The summed E-state index contributed by atoms with van der Waals surface area (Å²) < 4.78 is 4.89. The summed E-state index contributed by atoms with van der Waals surface area (Å²) in [7, 11) is 0. The van der Waals surface area contributed by atoms with Crippen LogP contribution in [0.15, 0.2) is 4.42 Å². The Balaban J connectivity index is 2.68. The van der Waals surface area contributed by atoms with Crippen molar-refractivity contribution >= 4 is 17.9 Å². The van der Waals surface area contributed by atoms with Gasteiger partial charge in [0, 0.05) is 0 Å². The second-order valence-corrected chi connectivity index (χ2v) is 5.33. The molecule has 1 rings (SSSR count). The Morgan fingerprint density at radius 3 is 2.38 bits per heavy atom. The Morgan fingerprint density at radius 1 is 1.33 bits per heavy atom. The van der Waals surface area contributed by atoms with Crippen LogP contribution in [0.25, 0.3) is 0 Å². The number of rotatable bonds is 5. The van der Waals surface area contributed by atoms with Crippen LogP contribution in [-0.4, -0.2) is 39.3 Å². The zero-order valence-electron chi connectivity index (χ0n) is 11.8. The number of carbonyl (C=O) groups is 3. The fourth-order valence-corrected chi connectivity index (χ4v) is 1.49. The third kappa shape index (κ3) is 4.75. The molecule has 10 nitrogen and oxygen atoms in total. The van der Waals surface area contributed by atoms with Crippen molar-refractivity contribution < 1.29 is 23.9 Å². The van der Waals surface area contributed by atoms with Crippen LogP contribution in [0.5, 0.6) is 0 Å². The van der Waals surface area contributed by atoms with Gasteiger partial charge in [-0.25, -0.2) is 4.79 Å². The van der Waals surface area contributed by atoms with Crippen molar-refractivity contribution in [3.05, 3.63) is 11.8 Å². The van der Waals surface area contributed by atoms with Crippen LogP contribution >= 0.6 is 0 Å². The van der Waals surface area contributed by atoms with E-state index < -0.39 is 29.4 Å². The summed E-state index contributed by atoms with van der Waals surface area (Å²) in [5.74, 6) is -1.81. The maximum Gasteiger partial charge on any atom is 0.405 e. The molecule has 0 bridgehead atoms. The topological polar surface area (TPSA) is 160 Å². The van der Waals surface area contributed by atoms with Gasteiger partial charge in [0.25, 0.3) is 0 Å². The summed E-state index contributed by atoms with van der Waals surface area (Å²) in [6.07, 6.45) is -1.31. The lowest BCUT2D eigenvalue weighted by Crippen LogP contribution is -2.53. The number of hydrogen-bond acceptors (Lipinski definition) is 6. The Labute approximate surface area is 120 Å². The number of aromatic nitrogens is 2. The quantitative estimate of drug-likeness (QED) is 0.568. The molecule has 0 aliphatic rings. The van der Waals surface area contributed by atoms with Crippen molar-refractivity contribution in [3.63, 3.8) is 0 Å². The molecule has 0 saturated carbocycles. The molecule has 21 heavy (non-hydrogen) atoms. The second kappa shape index (κ2) is 6.20. The molecule has 3 amide bonds. The molecule has 1 aromatic heterocycles. The lowest BCUT2D eigenvalue weighted by atomic mass is 9.86. The standard InChI is InChI=1S/C11H17N5O5/c1-11(2,3)6(14-10(19)20)8(18)13-4-5-15-16-9(21-5)7(12)17/h6,14H,4H2,1-3H3,(H2,12,17)(H,13,18)(H,19,20). The summed E-state index contributed by atoms with van der Waals surface area (Å²) in [5.41, 5.74) is 4.32. The van der Waals surface area contributed by atoms with Crippen LogP contribution in [0, 0.1) is 5.41 Å². The van der Waals surface area contributed by atoms with Crippen molar-refractivity contribution in [2.24, 2.45) is 11.1 Å². The number of amides is 3. The van der Waals surface area contributed by atoms with Crippen LogP contribution in [0.1, 0.15) is 37.3 Å². The molecule has 10 heteroatoms. The van der Waals surface area contributed by atoms with Crippen LogP contribution in [0.4, 0.5) is 4.79 Å². The molecular weight excluding hydrogens is 282 g/mol. The van der Waals surface area contributed by atoms with Crippen molar-refractivity contribution in [3.8, 4) is 0 Å². The van der Waals surface area contributed by atoms with Crippen LogP contribution in [0.2, 0.25) is 0 Å². The first kappa shape index (κ1) is 16.4. The van der Waals surface area contributed by atoms with Crippen LogP contribution in [0.3, 0.4) is 0 Å². The normalized spacial score (nSPS) is 12.5. The van der Waals surface area contributed by atoms with E-state index in [-0.39, 0.29) is 18.3 Å². The van der Waals surface area contributed by atoms with Gasteiger partial charge in [-0.15, -0.1) is 10.2 Å². The van der Waals surface area contributed by atoms with Crippen molar-refractivity contribution in [2.75, 3.05) is 0 Å². The summed E-state index contributed by atoms with van der Waals surface area (Å²) in [6.45, 7) is 4.99. The molecule has 1 atom stereocenters. The minimum atomic E-state index is -1.31. The Bertz CT molecular complexity index is 547. The predicted molar refractivity (Wildman–Crippen MR) is 69.1 cm³/mol. The van der Waals surface area contributed by atoms with Gasteiger partial charge in [-0.2, -0.15) is 0 Å². The number of nitrogens with zero attached hydrogens (tertiary/aromatic N) is 2. The number of nitrogens with two attached hydrogens (primary N) is 1. The SMILES string of the molecule is CC(C)(C)C(NC(=O)O)C(=O)NCc1nnc(C(N)=O)o1. The predicted octanol–water partition coefficient (Wildman–Crippen LogP) is -0.533. The molecule has 0 fully saturated rings. The van der Waals surface area contributed by atoms with Crippen LogP contribution < -0.4 is 16.4 Å². The van der Waals surface area contributed by atoms with Gasteiger partial charge in [0.15, 0.2) is 0 Å². The van der Waals surface area contributed by atoms with E-state index in [1.54, 1.807) is 20.8 Å². The maximum atomic E-state index is 12.0. The first-order chi connectivity index (χ1) is 9.61. The smallest absolute Gasteiger partial charge is 0.405 e. The average molecular weight is 299 g/mol. The molecule has 1 unspecified atom stereocenters. The third-order valence-corrected chi connectivity index (χ3v) is 2.49. The number of hydrogen-bond donors (Lipinski definition) is 4. The molecule has 0 saturated heterocycles. The van der Waals surface area contributed by atoms with Gasteiger partial charge in [0.2, 0.25) is 11.8 Å². The first-order valence-electron chi connectivity index (χ1n) is 6.00. The van der Waals surface area contributed by atoms with Gasteiger partial charge in [0.1, 0.15) is 6.04 Å². The molecule has 116 valence electrons. The molecule has 0 aliphatic carbocycles. The van der Waals surface area contributed by atoms with E-state index in [0.717, 1.165) is 0 Å². The summed E-state index contributed by atoms with van der Waals surface area (Å²) in [6, 6.07) is -0.964. The highest BCUT2D eigenvalue weighted by Gasteiger charge is 2.32. The highest BCUT2D eigenvalue weighted by atomic mass is 16.4. The lowest BCUT2D eigenvalue weighted by molar-refractivity contribution is -0.125. The van der Waals surface area contributed by atoms with Gasteiger partial charge in [-0.05, 0) is 5.41 Å². The fourth-order valence-electron chi connectivity index (χ4n) is 1.49. The molecule has 1 heterocycles. The molecule has 0 aromatic carbocycles. The van der Waals surface area contributed by atoms with E-state index in [9.17, 15) is 14.4 Å². The highest BCUT2D eigenvalue weighted by Crippen LogP contribution is 2.19. The van der Waals surface area contributed by atoms with E-state index in [1.807, 2.05) is 0 Å². The van der Waals surface area contributed by atoms with Crippen molar-refractivity contribution in [2.45, 2.75) is 33.4 Å². The van der Waals surface area contributed by atoms with E-state index >= 15 is 0 Å². The van der Waals surface area contributed by atoms with Crippen molar-refractivity contribution in [1.82, 2.24) is 20.8 Å². The number of carbonyl (C=O) groups excluding carboxylic acids is 2. The summed E-state index contributed by atoms with van der Waals surface area (Å²) >= 11 is 0. The molecule has 5 N–H and O–H groups in total. The summed E-state index contributed by atoms with van der Waals surface area (Å²) in [4.78, 5) is 33.5. The van der Waals surface area contributed by atoms with Gasteiger partial charge in [-0.3, -0.25) is 9.59 Å². The van der Waals surface area contributed by atoms with Gasteiger partial charge in [-0.1, -0.05) is 20.8 Å². The Morgan fingerprint density at radius 2 is 1.95 bits per heavy atom. The monoisotopic (exact) mass is 299 g/mol. The largest absolute Gasteiger partial charge is 0.465 e. The van der Waals surface area contributed by atoms with Gasteiger partial charge in [0.05, 0.1) is 6.54 Å².